The third-order valence-electron chi connectivity index (χ3n) is 4.90. The van der Waals surface area contributed by atoms with E-state index in [9.17, 15) is 0 Å². The van der Waals surface area contributed by atoms with Gasteiger partial charge in [-0.25, -0.2) is 0 Å². The number of hydrogen-bond acceptors (Lipinski definition) is 3. The molecule has 2 rings (SSSR count). The van der Waals surface area contributed by atoms with E-state index < -0.39 is 0 Å². The summed E-state index contributed by atoms with van der Waals surface area (Å²) in [6, 6.07) is 1.39. The molecule has 3 unspecified atom stereocenters. The Morgan fingerprint density at radius 3 is 2.53 bits per heavy atom. The van der Waals surface area contributed by atoms with Crippen molar-refractivity contribution in [1.82, 2.24) is 10.2 Å². The second-order valence-corrected chi connectivity index (χ2v) is 9.08. The Bertz CT molecular complexity index is 284. The molecule has 0 amide bonds. The van der Waals surface area contributed by atoms with Gasteiger partial charge in [-0.3, -0.25) is 4.90 Å². The topological polar surface area (TPSA) is 15.3 Å². The summed E-state index contributed by atoms with van der Waals surface area (Å²) in [5, 5.41) is 3.77. The highest BCUT2D eigenvalue weighted by Crippen LogP contribution is 2.39. The molecule has 0 aromatic rings. The van der Waals surface area contributed by atoms with Crippen LogP contribution in [0.5, 0.6) is 0 Å². The molecule has 1 N–H and O–H groups in total. The van der Waals surface area contributed by atoms with Crippen LogP contribution in [0.15, 0.2) is 0 Å². The Morgan fingerprint density at radius 2 is 2.00 bits per heavy atom. The maximum atomic E-state index is 3.77. The van der Waals surface area contributed by atoms with Crippen LogP contribution >= 0.6 is 11.8 Å². The lowest BCUT2D eigenvalue weighted by molar-refractivity contribution is 0.0768. The fourth-order valence-corrected chi connectivity index (χ4v) is 4.86. The molecule has 112 valence electrons. The molecule has 2 heterocycles. The Balaban J connectivity index is 2.02. The second-order valence-electron chi connectivity index (χ2n) is 7.40. The van der Waals surface area contributed by atoms with Crippen molar-refractivity contribution < 1.29 is 0 Å². The molecule has 2 aliphatic rings. The SMILES string of the molecule is CC(C)C1CN(CC2(C)CCCS2)C(C(C)C)CN1. The summed E-state index contributed by atoms with van der Waals surface area (Å²) in [5.74, 6) is 2.85. The third kappa shape index (κ3) is 3.89. The minimum atomic E-state index is 0.506. The van der Waals surface area contributed by atoms with Gasteiger partial charge < -0.3 is 5.32 Å². The largest absolute Gasteiger partial charge is 0.311 e. The molecule has 2 saturated heterocycles. The van der Waals surface area contributed by atoms with Crippen molar-refractivity contribution in [3.63, 3.8) is 0 Å². The summed E-state index contributed by atoms with van der Waals surface area (Å²) in [6.07, 6.45) is 2.81. The summed E-state index contributed by atoms with van der Waals surface area (Å²) in [5.41, 5.74) is 0. The van der Waals surface area contributed by atoms with Gasteiger partial charge in [0.2, 0.25) is 0 Å². The van der Waals surface area contributed by atoms with Gasteiger partial charge in [-0.15, -0.1) is 0 Å². The minimum absolute atomic E-state index is 0.506. The summed E-state index contributed by atoms with van der Waals surface area (Å²) in [6.45, 7) is 15.6. The number of hydrogen-bond donors (Lipinski definition) is 1. The van der Waals surface area contributed by atoms with Gasteiger partial charge in [-0.2, -0.15) is 11.8 Å². The first-order valence-electron chi connectivity index (χ1n) is 8.03. The van der Waals surface area contributed by atoms with E-state index in [1.807, 2.05) is 0 Å². The average Bonchev–Trinajstić information content (AvgIpc) is 2.75. The van der Waals surface area contributed by atoms with Crippen LogP contribution in [0, 0.1) is 11.8 Å². The lowest BCUT2D eigenvalue weighted by atomic mass is 9.92. The number of nitrogens with zero attached hydrogens (tertiary/aromatic N) is 1. The maximum absolute atomic E-state index is 3.77. The lowest BCUT2D eigenvalue weighted by Crippen LogP contribution is -2.61. The van der Waals surface area contributed by atoms with Gasteiger partial charge in [-0.05, 0) is 37.4 Å². The summed E-state index contributed by atoms with van der Waals surface area (Å²) < 4.78 is 0.506. The van der Waals surface area contributed by atoms with Crippen LogP contribution in [0.2, 0.25) is 0 Å². The van der Waals surface area contributed by atoms with Crippen molar-refractivity contribution in [3.8, 4) is 0 Å². The number of thioether (sulfide) groups is 1. The van der Waals surface area contributed by atoms with Gasteiger partial charge in [0, 0.05) is 36.5 Å². The standard InChI is InChI=1S/C16H32N2S/c1-12(2)14-10-18(15(9-17-14)13(3)4)11-16(5)7-6-8-19-16/h12-15,17H,6-11H2,1-5H3. The van der Waals surface area contributed by atoms with E-state index in [0.29, 0.717) is 16.8 Å². The molecule has 2 aliphatic heterocycles. The first-order valence-corrected chi connectivity index (χ1v) is 9.01. The first kappa shape index (κ1) is 15.7. The van der Waals surface area contributed by atoms with E-state index in [4.69, 9.17) is 0 Å². The fraction of sp³-hybridized carbons (Fsp3) is 1.00. The highest BCUT2D eigenvalue weighted by Gasteiger charge is 2.37. The molecule has 2 nitrogen and oxygen atoms in total. The zero-order chi connectivity index (χ0) is 14.0. The van der Waals surface area contributed by atoms with Crippen LogP contribution in [-0.4, -0.2) is 47.1 Å². The van der Waals surface area contributed by atoms with Gasteiger partial charge >= 0.3 is 0 Å². The van der Waals surface area contributed by atoms with Crippen molar-refractivity contribution in [2.75, 3.05) is 25.4 Å². The van der Waals surface area contributed by atoms with E-state index in [-0.39, 0.29) is 0 Å². The molecule has 0 aliphatic carbocycles. The molecule has 0 bridgehead atoms. The molecule has 19 heavy (non-hydrogen) atoms. The predicted octanol–water partition coefficient (Wildman–Crippen LogP) is 3.23. The highest BCUT2D eigenvalue weighted by molar-refractivity contribution is 8.00. The molecule has 2 fully saturated rings. The smallest absolute Gasteiger partial charge is 0.0259 e. The van der Waals surface area contributed by atoms with Gasteiger partial charge in [0.1, 0.15) is 0 Å². The van der Waals surface area contributed by atoms with Gasteiger partial charge in [0.25, 0.3) is 0 Å². The van der Waals surface area contributed by atoms with Crippen LogP contribution in [-0.2, 0) is 0 Å². The molecular weight excluding hydrogens is 252 g/mol. The van der Waals surface area contributed by atoms with E-state index in [2.05, 4.69) is 56.6 Å². The van der Waals surface area contributed by atoms with Gasteiger partial charge in [-0.1, -0.05) is 27.7 Å². The molecule has 0 spiro atoms. The van der Waals surface area contributed by atoms with Gasteiger partial charge in [0.15, 0.2) is 0 Å². The van der Waals surface area contributed by atoms with Gasteiger partial charge in [0.05, 0.1) is 0 Å². The van der Waals surface area contributed by atoms with Crippen LogP contribution in [0.1, 0.15) is 47.5 Å². The second kappa shape index (κ2) is 6.36. The van der Waals surface area contributed by atoms with E-state index >= 15 is 0 Å². The monoisotopic (exact) mass is 284 g/mol. The van der Waals surface area contributed by atoms with Crippen LogP contribution in [0.25, 0.3) is 0 Å². The molecule has 0 aromatic carbocycles. The van der Waals surface area contributed by atoms with Crippen molar-refractivity contribution in [3.05, 3.63) is 0 Å². The van der Waals surface area contributed by atoms with Crippen molar-refractivity contribution >= 4 is 11.8 Å². The summed E-state index contributed by atoms with van der Waals surface area (Å²) >= 11 is 2.20. The van der Waals surface area contributed by atoms with E-state index in [0.717, 1.165) is 11.8 Å². The molecule has 0 radical (unpaired) electrons. The molecule has 3 atom stereocenters. The molecule has 3 heteroatoms. The zero-order valence-corrected chi connectivity index (χ0v) is 14.2. The van der Waals surface area contributed by atoms with Crippen molar-refractivity contribution in [1.29, 1.82) is 0 Å². The van der Waals surface area contributed by atoms with Crippen LogP contribution in [0.4, 0.5) is 0 Å². The number of rotatable bonds is 4. The molecule has 0 saturated carbocycles. The lowest BCUT2D eigenvalue weighted by Gasteiger charge is -2.46. The van der Waals surface area contributed by atoms with E-state index in [1.54, 1.807) is 0 Å². The zero-order valence-electron chi connectivity index (χ0n) is 13.4. The predicted molar refractivity (Wildman–Crippen MR) is 86.9 cm³/mol. The quantitative estimate of drug-likeness (QED) is 0.853. The van der Waals surface area contributed by atoms with E-state index in [1.165, 1.54) is 38.2 Å². The summed E-state index contributed by atoms with van der Waals surface area (Å²) in [4.78, 5) is 2.80. The Morgan fingerprint density at radius 1 is 1.26 bits per heavy atom. The van der Waals surface area contributed by atoms with Crippen LogP contribution < -0.4 is 5.32 Å². The Hall–Kier alpha value is 0.270. The fourth-order valence-electron chi connectivity index (χ4n) is 3.53. The normalized spacial score (nSPS) is 37.4. The maximum Gasteiger partial charge on any atom is 0.0259 e. The minimum Gasteiger partial charge on any atom is -0.311 e. The first-order chi connectivity index (χ1) is 8.91. The van der Waals surface area contributed by atoms with Crippen molar-refractivity contribution in [2.24, 2.45) is 11.8 Å². The Kier molecular flexibility index (Phi) is 5.24. The number of nitrogens with one attached hydrogen (secondary N) is 1. The van der Waals surface area contributed by atoms with Crippen molar-refractivity contribution in [2.45, 2.75) is 64.3 Å². The average molecular weight is 285 g/mol. The highest BCUT2D eigenvalue weighted by atomic mass is 32.2. The summed E-state index contributed by atoms with van der Waals surface area (Å²) in [7, 11) is 0. The van der Waals surface area contributed by atoms with Crippen LogP contribution in [0.3, 0.4) is 0 Å². The third-order valence-corrected chi connectivity index (χ3v) is 6.42. The molecule has 0 aromatic heterocycles. The molecular formula is C16H32N2S. The number of piperazine rings is 1. The Labute approximate surface area is 124 Å².